The fourth-order valence-corrected chi connectivity index (χ4v) is 3.31. The van der Waals surface area contributed by atoms with Crippen LogP contribution in [-0.4, -0.2) is 16.2 Å². The van der Waals surface area contributed by atoms with Crippen LogP contribution >= 0.6 is 0 Å². The van der Waals surface area contributed by atoms with E-state index in [2.05, 4.69) is 11.1 Å². The van der Waals surface area contributed by atoms with Crippen molar-refractivity contribution >= 4 is 5.82 Å². The van der Waals surface area contributed by atoms with Gasteiger partial charge in [-0.25, -0.2) is 4.98 Å². The lowest BCUT2D eigenvalue weighted by Gasteiger charge is -2.21. The summed E-state index contributed by atoms with van der Waals surface area (Å²) in [6.45, 7) is 0. The number of hydrogen-bond acceptors (Lipinski definition) is 3. The van der Waals surface area contributed by atoms with E-state index in [1.54, 1.807) is 0 Å². The molecule has 1 aromatic rings. The van der Waals surface area contributed by atoms with E-state index < -0.39 is 0 Å². The van der Waals surface area contributed by atoms with Gasteiger partial charge in [-0.2, -0.15) is 0 Å². The fraction of sp³-hybridized carbons (Fsp3) is 0.583. The maximum Gasteiger partial charge on any atom is 0.123 e. The Morgan fingerprint density at radius 2 is 2.20 bits per heavy atom. The summed E-state index contributed by atoms with van der Waals surface area (Å²) in [6, 6.07) is 3.91. The predicted molar refractivity (Wildman–Crippen MR) is 58.2 cm³/mol. The van der Waals surface area contributed by atoms with Crippen LogP contribution in [0.25, 0.3) is 0 Å². The number of aromatic nitrogens is 1. The van der Waals surface area contributed by atoms with Crippen LogP contribution in [0.5, 0.6) is 0 Å². The van der Waals surface area contributed by atoms with Crippen LogP contribution in [0.4, 0.5) is 5.82 Å². The number of hydrogen-bond donors (Lipinski definition) is 2. The van der Waals surface area contributed by atoms with E-state index in [9.17, 15) is 5.11 Å². The van der Waals surface area contributed by atoms with Gasteiger partial charge in [-0.05, 0) is 48.6 Å². The average Bonchev–Trinajstić information content (AvgIpc) is 2.75. The van der Waals surface area contributed by atoms with Gasteiger partial charge in [-0.3, -0.25) is 0 Å². The molecule has 1 aromatic heterocycles. The van der Waals surface area contributed by atoms with E-state index in [0.717, 1.165) is 6.42 Å². The molecule has 0 amide bonds. The Hall–Kier alpha value is -1.09. The van der Waals surface area contributed by atoms with Gasteiger partial charge in [0.1, 0.15) is 5.82 Å². The van der Waals surface area contributed by atoms with Gasteiger partial charge in [0, 0.05) is 6.20 Å². The van der Waals surface area contributed by atoms with Crippen LogP contribution < -0.4 is 5.73 Å². The highest BCUT2D eigenvalue weighted by molar-refractivity contribution is 5.32. The first-order valence-electron chi connectivity index (χ1n) is 5.65. The monoisotopic (exact) mass is 204 g/mol. The molecule has 3 heteroatoms. The van der Waals surface area contributed by atoms with Gasteiger partial charge in [-0.15, -0.1) is 0 Å². The lowest BCUT2D eigenvalue weighted by molar-refractivity contribution is 0.126. The predicted octanol–water partition coefficient (Wildman–Crippen LogP) is 1.54. The number of pyridine rings is 1. The van der Waals surface area contributed by atoms with Gasteiger partial charge in [0.25, 0.3) is 0 Å². The second kappa shape index (κ2) is 3.20. The molecule has 1 heterocycles. The summed E-state index contributed by atoms with van der Waals surface area (Å²) in [6.07, 6.45) is 5.28. The van der Waals surface area contributed by atoms with E-state index >= 15 is 0 Å². The van der Waals surface area contributed by atoms with Crippen molar-refractivity contribution in [3.05, 3.63) is 23.9 Å². The molecular weight excluding hydrogens is 188 g/mol. The number of aliphatic hydroxyl groups excluding tert-OH is 1. The smallest absolute Gasteiger partial charge is 0.123 e. The van der Waals surface area contributed by atoms with Gasteiger partial charge < -0.3 is 10.8 Å². The Bertz CT molecular complexity index is 362. The summed E-state index contributed by atoms with van der Waals surface area (Å²) in [4.78, 5) is 4.13. The van der Waals surface area contributed by atoms with E-state index in [1.165, 1.54) is 18.4 Å². The summed E-state index contributed by atoms with van der Waals surface area (Å²) < 4.78 is 0. The van der Waals surface area contributed by atoms with Crippen molar-refractivity contribution in [1.29, 1.82) is 0 Å². The maximum absolute atomic E-state index is 9.97. The second-order valence-electron chi connectivity index (χ2n) is 4.85. The molecule has 2 saturated carbocycles. The summed E-state index contributed by atoms with van der Waals surface area (Å²) in [7, 11) is 0. The molecule has 2 aliphatic carbocycles. The number of fused-ring (bicyclic) bond motifs is 2. The van der Waals surface area contributed by atoms with Crippen molar-refractivity contribution in [2.75, 3.05) is 5.73 Å². The average molecular weight is 204 g/mol. The Morgan fingerprint density at radius 1 is 1.33 bits per heavy atom. The molecule has 2 aliphatic rings. The van der Waals surface area contributed by atoms with Crippen LogP contribution in [-0.2, 0) is 0 Å². The van der Waals surface area contributed by atoms with E-state index in [0.29, 0.717) is 23.6 Å². The molecule has 3 rings (SSSR count). The summed E-state index contributed by atoms with van der Waals surface area (Å²) >= 11 is 0. The molecule has 0 saturated heterocycles. The van der Waals surface area contributed by atoms with E-state index in [-0.39, 0.29) is 6.10 Å². The molecule has 80 valence electrons. The Balaban J connectivity index is 1.87. The molecule has 0 aromatic carbocycles. The number of nitrogens with two attached hydrogens (primary N) is 1. The fourth-order valence-electron chi connectivity index (χ4n) is 3.31. The molecule has 3 nitrogen and oxygen atoms in total. The first kappa shape index (κ1) is 9.16. The number of nitrogen functional groups attached to an aromatic ring is 1. The Kier molecular flexibility index (Phi) is 1.96. The molecule has 2 fully saturated rings. The van der Waals surface area contributed by atoms with Crippen LogP contribution in [0, 0.1) is 11.8 Å². The zero-order valence-corrected chi connectivity index (χ0v) is 8.63. The Morgan fingerprint density at radius 3 is 2.73 bits per heavy atom. The van der Waals surface area contributed by atoms with Crippen LogP contribution in [0.2, 0.25) is 0 Å². The first-order valence-corrected chi connectivity index (χ1v) is 5.65. The highest BCUT2D eigenvalue weighted by Crippen LogP contribution is 2.52. The van der Waals surface area contributed by atoms with Crippen molar-refractivity contribution in [3.8, 4) is 0 Å². The third-order valence-electron chi connectivity index (χ3n) is 4.10. The quantitative estimate of drug-likeness (QED) is 0.729. The van der Waals surface area contributed by atoms with Crippen LogP contribution in [0.1, 0.15) is 30.7 Å². The molecule has 0 aliphatic heterocycles. The Labute approximate surface area is 89.3 Å². The molecule has 0 unspecified atom stereocenters. The highest BCUT2D eigenvalue weighted by Gasteiger charge is 2.47. The zero-order chi connectivity index (χ0) is 10.4. The van der Waals surface area contributed by atoms with Crippen molar-refractivity contribution in [2.45, 2.75) is 31.3 Å². The first-order chi connectivity index (χ1) is 7.25. The van der Waals surface area contributed by atoms with Crippen molar-refractivity contribution in [2.24, 2.45) is 11.8 Å². The molecular formula is C12H16N2O. The van der Waals surface area contributed by atoms with Gasteiger partial charge in [0.2, 0.25) is 0 Å². The number of aliphatic hydroxyl groups is 1. The van der Waals surface area contributed by atoms with Crippen LogP contribution in [0.15, 0.2) is 18.3 Å². The lowest BCUT2D eigenvalue weighted by atomic mass is 9.84. The van der Waals surface area contributed by atoms with Crippen LogP contribution in [0.3, 0.4) is 0 Å². The summed E-state index contributed by atoms with van der Waals surface area (Å²) in [5.41, 5.74) is 6.81. The SMILES string of the molecule is Nc1ccc([C@H]2C[C@@H]3CC[C@H]2[C@H]3O)cn1. The normalized spacial score (nSPS) is 38.5. The molecule has 4 atom stereocenters. The topological polar surface area (TPSA) is 59.1 Å². The number of nitrogens with zero attached hydrogens (tertiary/aromatic N) is 1. The highest BCUT2D eigenvalue weighted by atomic mass is 16.3. The maximum atomic E-state index is 9.97. The molecule has 3 N–H and O–H groups in total. The third kappa shape index (κ3) is 1.34. The molecule has 0 radical (unpaired) electrons. The minimum Gasteiger partial charge on any atom is -0.393 e. The minimum atomic E-state index is -0.0763. The van der Waals surface area contributed by atoms with Crippen molar-refractivity contribution < 1.29 is 5.11 Å². The van der Waals surface area contributed by atoms with Gasteiger partial charge in [0.05, 0.1) is 6.10 Å². The number of rotatable bonds is 1. The minimum absolute atomic E-state index is 0.0763. The molecule has 2 bridgehead atoms. The second-order valence-corrected chi connectivity index (χ2v) is 4.85. The lowest BCUT2D eigenvalue weighted by Crippen LogP contribution is -2.14. The van der Waals surface area contributed by atoms with E-state index in [1.807, 2.05) is 12.3 Å². The van der Waals surface area contributed by atoms with Crippen molar-refractivity contribution in [3.63, 3.8) is 0 Å². The zero-order valence-electron chi connectivity index (χ0n) is 8.63. The van der Waals surface area contributed by atoms with E-state index in [4.69, 9.17) is 5.73 Å². The number of anilines is 1. The molecule has 0 spiro atoms. The van der Waals surface area contributed by atoms with Gasteiger partial charge >= 0.3 is 0 Å². The third-order valence-corrected chi connectivity index (χ3v) is 4.10. The standard InChI is InChI=1S/C12H16N2O/c13-11-4-2-8(6-14-11)10-5-7-1-3-9(10)12(7)15/h2,4,6-7,9-10,12,15H,1,3,5H2,(H2,13,14)/t7-,9+,10+,12-/m0/s1. The van der Waals surface area contributed by atoms with Gasteiger partial charge in [-0.1, -0.05) is 6.07 Å². The summed E-state index contributed by atoms with van der Waals surface area (Å²) in [5, 5.41) is 9.97. The van der Waals surface area contributed by atoms with Crippen molar-refractivity contribution in [1.82, 2.24) is 4.98 Å². The molecule has 15 heavy (non-hydrogen) atoms. The largest absolute Gasteiger partial charge is 0.393 e. The summed E-state index contributed by atoms with van der Waals surface area (Å²) in [5.74, 6) is 2.06. The van der Waals surface area contributed by atoms with Gasteiger partial charge in [0.15, 0.2) is 0 Å².